The molecule has 2 aromatic heterocycles. The first-order valence-corrected chi connectivity index (χ1v) is 7.57. The summed E-state index contributed by atoms with van der Waals surface area (Å²) in [4.78, 5) is 22.4. The van der Waals surface area contributed by atoms with Gasteiger partial charge in [0.1, 0.15) is 0 Å². The average molecular weight is 336 g/mol. The minimum atomic E-state index is 0. The van der Waals surface area contributed by atoms with Crippen molar-refractivity contribution in [3.8, 4) is 11.4 Å². The van der Waals surface area contributed by atoms with Crippen LogP contribution in [0.2, 0.25) is 0 Å². The second kappa shape index (κ2) is 6.64. The minimum Gasteiger partial charge on any atom is -0.339 e. The molecule has 0 unspecified atom stereocenters. The van der Waals surface area contributed by atoms with Crippen molar-refractivity contribution in [1.82, 2.24) is 25.3 Å². The van der Waals surface area contributed by atoms with Crippen LogP contribution in [0.15, 0.2) is 29.0 Å². The SMILES string of the molecule is Cl.O=C1C[C@H]2NCC[C@H]2N1CCc1nc(-c2cccnc2)no1. The second-order valence-electron chi connectivity index (χ2n) is 5.71. The number of aromatic nitrogens is 3. The predicted octanol–water partition coefficient (Wildman–Crippen LogP) is 1.06. The summed E-state index contributed by atoms with van der Waals surface area (Å²) in [5.74, 6) is 1.31. The number of likely N-dealkylation sites (tertiary alicyclic amines) is 1. The third-order valence-electron chi connectivity index (χ3n) is 4.38. The van der Waals surface area contributed by atoms with E-state index >= 15 is 0 Å². The van der Waals surface area contributed by atoms with Crippen molar-refractivity contribution in [3.63, 3.8) is 0 Å². The second-order valence-corrected chi connectivity index (χ2v) is 5.71. The highest BCUT2D eigenvalue weighted by atomic mass is 35.5. The van der Waals surface area contributed by atoms with Crippen LogP contribution in [0.5, 0.6) is 0 Å². The molecule has 7 nitrogen and oxygen atoms in total. The number of carbonyl (C=O) groups excluding carboxylic acids is 1. The number of fused-ring (bicyclic) bond motifs is 1. The molecule has 2 aliphatic rings. The predicted molar refractivity (Wildman–Crippen MR) is 85.0 cm³/mol. The van der Waals surface area contributed by atoms with Crippen molar-refractivity contribution in [2.75, 3.05) is 13.1 Å². The normalized spacial score (nSPS) is 23.0. The lowest BCUT2D eigenvalue weighted by Gasteiger charge is -2.22. The van der Waals surface area contributed by atoms with Crippen molar-refractivity contribution < 1.29 is 9.32 Å². The Labute approximate surface area is 139 Å². The van der Waals surface area contributed by atoms with Gasteiger partial charge in [-0.15, -0.1) is 12.4 Å². The molecule has 0 bridgehead atoms. The maximum atomic E-state index is 12.0. The molecule has 0 saturated carbocycles. The molecule has 2 saturated heterocycles. The van der Waals surface area contributed by atoms with Crippen LogP contribution in [-0.4, -0.2) is 51.1 Å². The van der Waals surface area contributed by atoms with Gasteiger partial charge in [0.25, 0.3) is 0 Å². The summed E-state index contributed by atoms with van der Waals surface area (Å²) in [6.07, 6.45) is 5.63. The zero-order chi connectivity index (χ0) is 14.9. The molecule has 0 spiro atoms. The van der Waals surface area contributed by atoms with E-state index in [1.165, 1.54) is 0 Å². The molecule has 0 aliphatic carbocycles. The molecule has 1 N–H and O–H groups in total. The Morgan fingerprint density at radius 3 is 3.17 bits per heavy atom. The molecular weight excluding hydrogens is 318 g/mol. The highest BCUT2D eigenvalue weighted by Gasteiger charge is 2.42. The molecule has 122 valence electrons. The number of carbonyl (C=O) groups is 1. The van der Waals surface area contributed by atoms with Crippen LogP contribution in [0.25, 0.3) is 11.4 Å². The highest BCUT2D eigenvalue weighted by molar-refractivity contribution is 5.85. The molecule has 0 radical (unpaired) electrons. The fourth-order valence-electron chi connectivity index (χ4n) is 3.30. The lowest BCUT2D eigenvalue weighted by Crippen LogP contribution is -2.37. The number of rotatable bonds is 4. The first-order valence-electron chi connectivity index (χ1n) is 7.57. The molecule has 2 fully saturated rings. The van der Waals surface area contributed by atoms with E-state index in [2.05, 4.69) is 20.4 Å². The highest BCUT2D eigenvalue weighted by Crippen LogP contribution is 2.26. The van der Waals surface area contributed by atoms with E-state index in [-0.39, 0.29) is 18.3 Å². The van der Waals surface area contributed by atoms with Gasteiger partial charge in [-0.25, -0.2) is 0 Å². The van der Waals surface area contributed by atoms with Gasteiger partial charge in [0.15, 0.2) is 0 Å². The Morgan fingerprint density at radius 2 is 2.35 bits per heavy atom. The van der Waals surface area contributed by atoms with Crippen molar-refractivity contribution in [3.05, 3.63) is 30.4 Å². The van der Waals surface area contributed by atoms with E-state index in [1.54, 1.807) is 12.4 Å². The van der Waals surface area contributed by atoms with Gasteiger partial charge in [-0.3, -0.25) is 9.78 Å². The summed E-state index contributed by atoms with van der Waals surface area (Å²) >= 11 is 0. The van der Waals surface area contributed by atoms with Gasteiger partial charge >= 0.3 is 0 Å². The Morgan fingerprint density at radius 1 is 1.43 bits per heavy atom. The lowest BCUT2D eigenvalue weighted by molar-refractivity contribution is -0.129. The number of hydrogen-bond donors (Lipinski definition) is 1. The van der Waals surface area contributed by atoms with Crippen LogP contribution in [0.3, 0.4) is 0 Å². The number of hydrogen-bond acceptors (Lipinski definition) is 6. The Hall–Kier alpha value is -1.99. The van der Waals surface area contributed by atoms with Crippen LogP contribution in [0.4, 0.5) is 0 Å². The largest absolute Gasteiger partial charge is 0.339 e. The van der Waals surface area contributed by atoms with E-state index in [9.17, 15) is 4.79 Å². The molecule has 2 atom stereocenters. The average Bonchev–Trinajstić information content (AvgIpc) is 3.23. The van der Waals surface area contributed by atoms with Gasteiger partial charge in [0, 0.05) is 49.4 Å². The Kier molecular flexibility index (Phi) is 4.58. The fourth-order valence-corrected chi connectivity index (χ4v) is 3.30. The third-order valence-corrected chi connectivity index (χ3v) is 4.38. The van der Waals surface area contributed by atoms with Crippen molar-refractivity contribution in [2.24, 2.45) is 0 Å². The summed E-state index contributed by atoms with van der Waals surface area (Å²) in [6.45, 7) is 1.63. The van der Waals surface area contributed by atoms with Crippen LogP contribution < -0.4 is 5.32 Å². The van der Waals surface area contributed by atoms with Gasteiger partial charge in [0.2, 0.25) is 17.6 Å². The zero-order valence-corrected chi connectivity index (χ0v) is 13.3. The summed E-state index contributed by atoms with van der Waals surface area (Å²) in [7, 11) is 0. The molecule has 0 aromatic carbocycles. The molecule has 8 heteroatoms. The van der Waals surface area contributed by atoms with Crippen LogP contribution in [-0.2, 0) is 11.2 Å². The standard InChI is InChI=1S/C15H17N5O2.ClH/c21-14-8-11-12(3-6-17-11)20(14)7-4-13-18-15(19-22-13)10-2-1-5-16-9-10;/h1-2,5,9,11-12,17H,3-4,6-8H2;1H/t11-,12-;/m1./s1. The van der Waals surface area contributed by atoms with Gasteiger partial charge in [-0.1, -0.05) is 5.16 Å². The van der Waals surface area contributed by atoms with E-state index in [0.717, 1.165) is 18.5 Å². The molecule has 4 rings (SSSR count). The first kappa shape index (κ1) is 15.9. The quantitative estimate of drug-likeness (QED) is 0.899. The minimum absolute atomic E-state index is 0. The lowest BCUT2D eigenvalue weighted by atomic mass is 10.1. The topological polar surface area (TPSA) is 84.2 Å². The van der Waals surface area contributed by atoms with Gasteiger partial charge in [-0.2, -0.15) is 4.98 Å². The van der Waals surface area contributed by atoms with Crippen LogP contribution in [0, 0.1) is 0 Å². The number of pyridine rings is 1. The molecule has 2 aliphatic heterocycles. The van der Waals surface area contributed by atoms with Crippen molar-refractivity contribution in [2.45, 2.75) is 31.3 Å². The van der Waals surface area contributed by atoms with E-state index in [1.807, 2.05) is 17.0 Å². The summed E-state index contributed by atoms with van der Waals surface area (Å²) in [5.41, 5.74) is 0.829. The molecule has 4 heterocycles. The third kappa shape index (κ3) is 3.07. The zero-order valence-electron chi connectivity index (χ0n) is 12.5. The molecule has 2 aromatic rings. The fraction of sp³-hybridized carbons (Fsp3) is 0.467. The van der Waals surface area contributed by atoms with Crippen LogP contribution >= 0.6 is 12.4 Å². The number of nitrogens with zero attached hydrogens (tertiary/aromatic N) is 4. The molecular formula is C15H18ClN5O2. The van der Waals surface area contributed by atoms with Crippen molar-refractivity contribution >= 4 is 18.3 Å². The number of nitrogens with one attached hydrogen (secondary N) is 1. The number of halogens is 1. The summed E-state index contributed by atoms with van der Waals surface area (Å²) < 4.78 is 5.28. The monoisotopic (exact) mass is 335 g/mol. The Balaban J connectivity index is 0.00000156. The summed E-state index contributed by atoms with van der Waals surface area (Å²) in [5, 5.41) is 7.36. The van der Waals surface area contributed by atoms with E-state index in [4.69, 9.17) is 4.52 Å². The smallest absolute Gasteiger partial charge is 0.228 e. The summed E-state index contributed by atoms with van der Waals surface area (Å²) in [6, 6.07) is 4.37. The molecule has 23 heavy (non-hydrogen) atoms. The Bertz CT molecular complexity index is 678. The van der Waals surface area contributed by atoms with E-state index in [0.29, 0.717) is 43.2 Å². The maximum Gasteiger partial charge on any atom is 0.228 e. The van der Waals surface area contributed by atoms with Crippen molar-refractivity contribution in [1.29, 1.82) is 0 Å². The first-order chi connectivity index (χ1) is 10.8. The van der Waals surface area contributed by atoms with E-state index < -0.39 is 0 Å². The van der Waals surface area contributed by atoms with Gasteiger partial charge < -0.3 is 14.7 Å². The van der Waals surface area contributed by atoms with Gasteiger partial charge in [-0.05, 0) is 25.1 Å². The number of amides is 1. The van der Waals surface area contributed by atoms with Gasteiger partial charge in [0.05, 0.1) is 0 Å². The maximum absolute atomic E-state index is 12.0. The van der Waals surface area contributed by atoms with Crippen LogP contribution in [0.1, 0.15) is 18.7 Å². The molecule has 1 amide bonds.